The van der Waals surface area contributed by atoms with Crippen molar-refractivity contribution in [1.29, 1.82) is 4.78 Å². The van der Waals surface area contributed by atoms with Crippen molar-refractivity contribution in [2.75, 3.05) is 12.8 Å². The molecule has 5 rings (SSSR count). The van der Waals surface area contributed by atoms with Crippen LogP contribution in [0.2, 0.25) is 0 Å². The van der Waals surface area contributed by atoms with Gasteiger partial charge in [-0.3, -0.25) is 9.13 Å². The molecule has 2 atom stereocenters. The zero-order valence-corrected chi connectivity index (χ0v) is 20.7. The van der Waals surface area contributed by atoms with Gasteiger partial charge in [0.05, 0.1) is 33.0 Å². The number of nitrogens with one attached hydrogen (secondary N) is 2. The second-order valence-electron chi connectivity index (χ2n) is 8.93. The molecule has 3 aromatic heterocycles. The minimum Gasteiger partial charge on any atom is -0.310 e. The Hall–Kier alpha value is -3.57. The molecule has 1 aliphatic rings. The summed E-state index contributed by atoms with van der Waals surface area (Å²) in [5.74, 6) is 0.339. The van der Waals surface area contributed by atoms with Gasteiger partial charge in [-0.15, -0.1) is 0 Å². The highest BCUT2D eigenvalue weighted by Crippen LogP contribution is 2.31. The Balaban J connectivity index is 1.70. The second kappa shape index (κ2) is 8.28. The van der Waals surface area contributed by atoms with Crippen molar-refractivity contribution in [2.45, 2.75) is 38.3 Å². The summed E-state index contributed by atoms with van der Waals surface area (Å²) in [5, 5.41) is 8.43. The monoisotopic (exact) mass is 495 g/mol. The molecular formula is C24H26FN7O2S. The summed E-state index contributed by atoms with van der Waals surface area (Å²) >= 11 is 0. The standard InChI is InChI=1S/C24H26FN7O2S/c1-14-11-18(12-15(2)22(14)25)32-23(21-16(3)27-8-7-19(21)29-32)31-10-9-30(24(31)33)17-5-6-20(28-13-17)35(4,26)34/h5-6,9-13,16,26-27H,7-8H2,1-4H3/t16-,35?/m0/s1. The lowest BCUT2D eigenvalue weighted by molar-refractivity contribution is 0.536. The van der Waals surface area contributed by atoms with E-state index >= 15 is 0 Å². The molecule has 1 unspecified atom stereocenters. The first kappa shape index (κ1) is 23.2. The maximum absolute atomic E-state index is 14.4. The van der Waals surface area contributed by atoms with Crippen LogP contribution >= 0.6 is 0 Å². The third kappa shape index (κ3) is 3.90. The first-order chi connectivity index (χ1) is 16.6. The van der Waals surface area contributed by atoms with E-state index in [9.17, 15) is 13.4 Å². The summed E-state index contributed by atoms with van der Waals surface area (Å²) in [4.78, 5) is 17.7. The molecule has 182 valence electrons. The summed E-state index contributed by atoms with van der Waals surface area (Å²) in [6.07, 6.45) is 6.75. The van der Waals surface area contributed by atoms with E-state index in [0.717, 1.165) is 17.8 Å². The Morgan fingerprint density at radius 1 is 1.14 bits per heavy atom. The molecule has 4 aromatic rings. The van der Waals surface area contributed by atoms with E-state index < -0.39 is 9.73 Å². The van der Waals surface area contributed by atoms with Gasteiger partial charge in [-0.1, -0.05) is 0 Å². The largest absolute Gasteiger partial charge is 0.338 e. The number of nitrogens with zero attached hydrogens (tertiary/aromatic N) is 5. The summed E-state index contributed by atoms with van der Waals surface area (Å²) in [6, 6.07) is 6.55. The first-order valence-corrected chi connectivity index (χ1v) is 13.2. The number of fused-ring (bicyclic) bond motifs is 1. The molecule has 0 amide bonds. The van der Waals surface area contributed by atoms with Crippen molar-refractivity contribution in [2.24, 2.45) is 0 Å². The molecule has 0 aliphatic carbocycles. The van der Waals surface area contributed by atoms with Crippen molar-refractivity contribution in [3.63, 3.8) is 0 Å². The highest BCUT2D eigenvalue weighted by molar-refractivity contribution is 7.91. The zero-order valence-electron chi connectivity index (χ0n) is 19.9. The smallest absolute Gasteiger partial charge is 0.310 e. The maximum Gasteiger partial charge on any atom is 0.338 e. The minimum absolute atomic E-state index is 0.0314. The summed E-state index contributed by atoms with van der Waals surface area (Å²) in [6.45, 7) is 6.23. The van der Waals surface area contributed by atoms with Crippen LogP contribution < -0.4 is 11.0 Å². The molecule has 0 saturated carbocycles. The van der Waals surface area contributed by atoms with E-state index in [4.69, 9.17) is 9.88 Å². The lowest BCUT2D eigenvalue weighted by Gasteiger charge is -2.21. The van der Waals surface area contributed by atoms with Crippen LogP contribution in [0.25, 0.3) is 17.2 Å². The fraction of sp³-hybridized carbons (Fsp3) is 0.292. The molecule has 0 radical (unpaired) electrons. The topological polar surface area (TPSA) is 111 Å². The van der Waals surface area contributed by atoms with Gasteiger partial charge in [-0.25, -0.2) is 27.8 Å². The quantitative estimate of drug-likeness (QED) is 0.452. The number of hydrogen-bond donors (Lipinski definition) is 2. The summed E-state index contributed by atoms with van der Waals surface area (Å²) in [7, 11) is -2.95. The predicted molar refractivity (Wildman–Crippen MR) is 131 cm³/mol. The summed E-state index contributed by atoms with van der Waals surface area (Å²) in [5.41, 5.74) is 3.65. The van der Waals surface area contributed by atoms with Crippen LogP contribution in [0.1, 0.15) is 35.3 Å². The van der Waals surface area contributed by atoms with Gasteiger partial charge in [0, 0.05) is 43.2 Å². The molecule has 0 saturated heterocycles. The Kier molecular flexibility index (Phi) is 5.48. The van der Waals surface area contributed by atoms with E-state index in [-0.39, 0.29) is 22.6 Å². The minimum atomic E-state index is -2.95. The number of pyridine rings is 1. The molecule has 4 heterocycles. The van der Waals surface area contributed by atoms with E-state index in [2.05, 4.69) is 10.3 Å². The van der Waals surface area contributed by atoms with Crippen LogP contribution in [-0.2, 0) is 16.1 Å². The first-order valence-electron chi connectivity index (χ1n) is 11.2. The third-order valence-corrected chi connectivity index (χ3v) is 7.33. The highest BCUT2D eigenvalue weighted by Gasteiger charge is 2.29. The van der Waals surface area contributed by atoms with Crippen molar-refractivity contribution in [1.82, 2.24) is 29.2 Å². The van der Waals surface area contributed by atoms with Crippen LogP contribution in [0.4, 0.5) is 4.39 Å². The molecule has 1 aliphatic heterocycles. The Morgan fingerprint density at radius 3 is 2.46 bits per heavy atom. The third-order valence-electron chi connectivity index (χ3n) is 6.29. The van der Waals surface area contributed by atoms with Crippen molar-refractivity contribution < 1.29 is 8.60 Å². The number of hydrogen-bond acceptors (Lipinski definition) is 6. The molecule has 2 N–H and O–H groups in total. The number of rotatable bonds is 4. The van der Waals surface area contributed by atoms with Crippen molar-refractivity contribution in [3.05, 3.63) is 81.5 Å². The molecule has 0 spiro atoms. The van der Waals surface area contributed by atoms with Crippen LogP contribution in [0.3, 0.4) is 0 Å². The number of aryl methyl sites for hydroxylation is 2. The van der Waals surface area contributed by atoms with Crippen LogP contribution in [0, 0.1) is 24.4 Å². The summed E-state index contributed by atoms with van der Waals surface area (Å²) < 4.78 is 38.7. The van der Waals surface area contributed by atoms with Gasteiger partial charge < -0.3 is 5.32 Å². The van der Waals surface area contributed by atoms with Gasteiger partial charge in [0.25, 0.3) is 0 Å². The van der Waals surface area contributed by atoms with Gasteiger partial charge >= 0.3 is 5.69 Å². The molecule has 1 aromatic carbocycles. The molecule has 9 nitrogen and oxygen atoms in total. The van der Waals surface area contributed by atoms with E-state index in [1.807, 2.05) is 6.92 Å². The van der Waals surface area contributed by atoms with E-state index in [1.54, 1.807) is 49.1 Å². The molecule has 35 heavy (non-hydrogen) atoms. The van der Waals surface area contributed by atoms with Crippen LogP contribution in [-0.4, -0.2) is 40.9 Å². The lowest BCUT2D eigenvalue weighted by Crippen LogP contribution is -2.30. The van der Waals surface area contributed by atoms with Crippen LogP contribution in [0.5, 0.6) is 0 Å². The molecular weight excluding hydrogens is 469 g/mol. The molecule has 0 fully saturated rings. The average Bonchev–Trinajstić information content (AvgIpc) is 3.37. The molecule has 0 bridgehead atoms. The highest BCUT2D eigenvalue weighted by atomic mass is 32.2. The lowest BCUT2D eigenvalue weighted by atomic mass is 10.0. The maximum atomic E-state index is 14.4. The fourth-order valence-corrected chi connectivity index (χ4v) is 5.12. The van der Waals surface area contributed by atoms with Crippen molar-refractivity contribution in [3.8, 4) is 17.2 Å². The normalized spacial score (nSPS) is 17.2. The number of imidazole rings is 1. The van der Waals surface area contributed by atoms with Crippen molar-refractivity contribution >= 4 is 9.73 Å². The number of aromatic nitrogens is 5. The van der Waals surface area contributed by atoms with Crippen LogP contribution in [0.15, 0.2) is 52.7 Å². The van der Waals surface area contributed by atoms with Gasteiger partial charge in [0.1, 0.15) is 16.7 Å². The Labute approximate surface area is 202 Å². The van der Waals surface area contributed by atoms with Gasteiger partial charge in [0.2, 0.25) is 0 Å². The number of halogens is 1. The predicted octanol–water partition coefficient (Wildman–Crippen LogP) is 3.21. The fourth-order valence-electron chi connectivity index (χ4n) is 4.54. The SMILES string of the molecule is Cc1cc(-n2nc3c(c2-n2ccn(-c4ccc(S(C)(=N)=O)nc4)c2=O)[C@H](C)NCC3)cc(C)c1F. The Morgan fingerprint density at radius 2 is 1.83 bits per heavy atom. The Bertz CT molecular complexity index is 1590. The second-order valence-corrected chi connectivity index (χ2v) is 11.0. The number of benzene rings is 1. The zero-order chi connectivity index (χ0) is 25.1. The van der Waals surface area contributed by atoms with E-state index in [1.165, 1.54) is 27.7 Å². The van der Waals surface area contributed by atoms with Gasteiger partial charge in [-0.2, -0.15) is 5.10 Å². The van der Waals surface area contributed by atoms with Gasteiger partial charge in [-0.05, 0) is 56.2 Å². The molecule has 11 heteroatoms. The average molecular weight is 496 g/mol. The van der Waals surface area contributed by atoms with Gasteiger partial charge in [0.15, 0.2) is 0 Å². The van der Waals surface area contributed by atoms with E-state index in [0.29, 0.717) is 34.7 Å².